The average Bonchev–Trinajstić information content (AvgIpc) is 3.16. The van der Waals surface area contributed by atoms with Crippen molar-refractivity contribution in [2.45, 2.75) is 74.5 Å². The summed E-state index contributed by atoms with van der Waals surface area (Å²) in [6.45, 7) is 7.16. The van der Waals surface area contributed by atoms with Crippen LogP contribution < -0.4 is 0 Å². The summed E-state index contributed by atoms with van der Waals surface area (Å²) in [5, 5.41) is 33.8. The van der Waals surface area contributed by atoms with Crippen molar-refractivity contribution in [3.05, 3.63) is 48.0 Å². The molecule has 0 saturated carbocycles. The molecule has 13 nitrogen and oxygen atoms in total. The van der Waals surface area contributed by atoms with Gasteiger partial charge in [-0.05, 0) is 24.0 Å². The quantitative estimate of drug-likeness (QED) is 0.180. The van der Waals surface area contributed by atoms with Crippen LogP contribution in [0.1, 0.15) is 32.3 Å². The largest absolute Gasteiger partial charge is 0.467 e. The lowest BCUT2D eigenvalue weighted by atomic mass is 9.74. The van der Waals surface area contributed by atoms with Crippen molar-refractivity contribution in [1.29, 1.82) is 0 Å². The number of ether oxygens (including phenoxy) is 6. The van der Waals surface area contributed by atoms with E-state index in [0.29, 0.717) is 12.0 Å². The number of carbonyl (C=O) groups is 4. The van der Waals surface area contributed by atoms with Crippen LogP contribution >= 0.6 is 0 Å². The Hall–Kier alpha value is -3.36. The fraction of sp³-hybridized carbons (Fsp3) is 0.571. The van der Waals surface area contributed by atoms with E-state index in [9.17, 15) is 34.5 Å². The lowest BCUT2D eigenvalue weighted by Crippen LogP contribution is -2.78. The molecule has 41 heavy (non-hydrogen) atoms. The second-order valence-corrected chi connectivity index (χ2v) is 10.2. The first kappa shape index (κ1) is 32.2. The van der Waals surface area contributed by atoms with Crippen LogP contribution in [0.5, 0.6) is 0 Å². The first-order chi connectivity index (χ1) is 19.2. The third-order valence-corrected chi connectivity index (χ3v) is 7.57. The first-order valence-electron chi connectivity index (χ1n) is 12.9. The third-order valence-electron chi connectivity index (χ3n) is 7.57. The Morgan fingerprint density at radius 3 is 2.15 bits per heavy atom. The van der Waals surface area contributed by atoms with Crippen LogP contribution in [0.15, 0.2) is 42.5 Å². The van der Waals surface area contributed by atoms with Gasteiger partial charge in [-0.25, -0.2) is 14.4 Å². The van der Waals surface area contributed by atoms with Gasteiger partial charge in [-0.15, -0.1) is 0 Å². The minimum absolute atomic E-state index is 0.0807. The zero-order chi connectivity index (χ0) is 30.8. The molecule has 0 aliphatic carbocycles. The zero-order valence-electron chi connectivity index (χ0n) is 23.5. The van der Waals surface area contributed by atoms with Crippen molar-refractivity contribution in [2.24, 2.45) is 5.92 Å². The summed E-state index contributed by atoms with van der Waals surface area (Å²) in [5.41, 5.74) is -5.03. The van der Waals surface area contributed by atoms with E-state index in [4.69, 9.17) is 23.7 Å². The highest BCUT2D eigenvalue weighted by atomic mass is 16.8. The van der Waals surface area contributed by atoms with Gasteiger partial charge in [-0.3, -0.25) is 4.79 Å². The molecule has 2 saturated heterocycles. The van der Waals surface area contributed by atoms with Gasteiger partial charge < -0.3 is 43.7 Å². The number of benzene rings is 1. The van der Waals surface area contributed by atoms with E-state index in [1.54, 1.807) is 0 Å². The molecule has 226 valence electrons. The summed E-state index contributed by atoms with van der Waals surface area (Å²) >= 11 is 0. The molecule has 1 aromatic carbocycles. The van der Waals surface area contributed by atoms with E-state index >= 15 is 0 Å². The summed E-state index contributed by atoms with van der Waals surface area (Å²) in [6, 6.07) is 9.47. The van der Waals surface area contributed by atoms with Crippen molar-refractivity contribution in [3.63, 3.8) is 0 Å². The third kappa shape index (κ3) is 5.35. The van der Waals surface area contributed by atoms with Crippen molar-refractivity contribution in [3.8, 4) is 0 Å². The van der Waals surface area contributed by atoms with Crippen LogP contribution in [-0.4, -0.2) is 102 Å². The van der Waals surface area contributed by atoms with Gasteiger partial charge >= 0.3 is 23.9 Å². The summed E-state index contributed by atoms with van der Waals surface area (Å²) < 4.78 is 31.1. The molecule has 2 heterocycles. The molecule has 0 radical (unpaired) electrons. The number of aliphatic hydroxyl groups is 3. The highest BCUT2D eigenvalue weighted by molar-refractivity contribution is 5.99. The summed E-state index contributed by atoms with van der Waals surface area (Å²) in [7, 11) is 2.68. The van der Waals surface area contributed by atoms with Crippen molar-refractivity contribution in [1.82, 2.24) is 0 Å². The first-order valence-corrected chi connectivity index (χ1v) is 12.9. The Labute approximate surface area is 236 Å². The van der Waals surface area contributed by atoms with Crippen molar-refractivity contribution >= 4 is 23.9 Å². The topological polar surface area (TPSA) is 184 Å². The van der Waals surface area contributed by atoms with Gasteiger partial charge in [0, 0.05) is 19.3 Å². The normalized spacial score (nSPS) is 31.9. The molecule has 3 rings (SSSR count). The van der Waals surface area contributed by atoms with Crippen LogP contribution in [-0.2, 0) is 54.0 Å². The number of aliphatic hydroxyl groups excluding tert-OH is 2. The SMILES string of the molecule is C=C(CC[C@@]12O[C@@H](C(=O)OC)[C@](O)(C(=O)OC)[C@@](C(=O)OC)(O1)[C@@H](O)[C@@H]2O)C(OC(C)=O)C(C)Cc1ccccc1. The van der Waals surface area contributed by atoms with E-state index in [2.05, 4.69) is 11.3 Å². The van der Waals surface area contributed by atoms with E-state index in [-0.39, 0.29) is 18.8 Å². The lowest BCUT2D eigenvalue weighted by Gasteiger charge is -2.49. The van der Waals surface area contributed by atoms with Gasteiger partial charge in [-0.1, -0.05) is 43.8 Å². The van der Waals surface area contributed by atoms with Crippen LogP contribution in [0.3, 0.4) is 0 Å². The van der Waals surface area contributed by atoms with Gasteiger partial charge in [0.2, 0.25) is 17.3 Å². The molecule has 0 amide bonds. The number of hydrogen-bond donors (Lipinski definition) is 3. The molecule has 0 aromatic heterocycles. The maximum atomic E-state index is 13.1. The predicted molar refractivity (Wildman–Crippen MR) is 138 cm³/mol. The zero-order valence-corrected chi connectivity index (χ0v) is 23.5. The van der Waals surface area contributed by atoms with Gasteiger partial charge in [-0.2, -0.15) is 0 Å². The van der Waals surface area contributed by atoms with Crippen LogP contribution in [0, 0.1) is 5.92 Å². The van der Waals surface area contributed by atoms with E-state index in [1.165, 1.54) is 6.92 Å². The van der Waals surface area contributed by atoms with Crippen molar-refractivity contribution in [2.75, 3.05) is 21.3 Å². The summed E-state index contributed by atoms with van der Waals surface area (Å²) in [5.74, 6) is -7.56. The monoisotopic (exact) mass is 580 g/mol. The standard InChI is InChI=1S/C28H36O13/c1-15(19(39-17(3)29)16(2)14-18-10-8-7-9-11-18)12-13-26-20(30)21(31)28(41-26,25(34)38-6)27(35,24(33)37-5)22(40-26)23(32)36-4/h7-11,16,19-22,30-31,35H,1,12-14H2,2-6H3/t16?,19?,20-,21-,22-,26+,27-,28+/m0/s1. The van der Waals surface area contributed by atoms with Gasteiger partial charge in [0.1, 0.15) is 18.3 Å². The molecule has 2 unspecified atom stereocenters. The molecule has 1 aromatic rings. The Bertz CT molecular complexity index is 1170. The molecule has 2 bridgehead atoms. The number of esters is 4. The number of rotatable bonds is 11. The van der Waals surface area contributed by atoms with Gasteiger partial charge in [0.05, 0.1) is 21.3 Å². The molecule has 13 heteroatoms. The smallest absolute Gasteiger partial charge is 0.345 e. The number of fused-ring (bicyclic) bond motifs is 2. The Kier molecular flexibility index (Phi) is 9.61. The van der Waals surface area contributed by atoms with Gasteiger partial charge in [0.15, 0.2) is 5.79 Å². The molecular weight excluding hydrogens is 544 g/mol. The van der Waals surface area contributed by atoms with Crippen LogP contribution in [0.4, 0.5) is 0 Å². The number of methoxy groups -OCH3 is 3. The minimum atomic E-state index is -3.33. The van der Waals surface area contributed by atoms with E-state index < -0.39 is 65.3 Å². The maximum absolute atomic E-state index is 13.1. The molecule has 0 spiro atoms. The fourth-order valence-electron chi connectivity index (χ4n) is 5.55. The Morgan fingerprint density at radius 2 is 1.61 bits per heavy atom. The highest BCUT2D eigenvalue weighted by Crippen LogP contribution is 2.55. The predicted octanol–water partition coefficient (Wildman–Crippen LogP) is -0.0307. The fourth-order valence-corrected chi connectivity index (χ4v) is 5.55. The highest BCUT2D eigenvalue weighted by Gasteiger charge is 2.85. The average molecular weight is 581 g/mol. The van der Waals surface area contributed by atoms with E-state index in [1.807, 2.05) is 37.3 Å². The van der Waals surface area contributed by atoms with E-state index in [0.717, 1.165) is 26.9 Å². The molecule has 3 N–H and O–H groups in total. The van der Waals surface area contributed by atoms with Gasteiger partial charge in [0.25, 0.3) is 0 Å². The molecule has 2 fully saturated rings. The van der Waals surface area contributed by atoms with Crippen molar-refractivity contribution < 1.29 is 62.9 Å². The van der Waals surface area contributed by atoms with Crippen LogP contribution in [0.2, 0.25) is 0 Å². The molecular formula is C28H36O13. The number of hydrogen-bond acceptors (Lipinski definition) is 13. The lowest BCUT2D eigenvalue weighted by molar-refractivity contribution is -0.374. The Morgan fingerprint density at radius 1 is 1.00 bits per heavy atom. The molecule has 2 aliphatic rings. The Balaban J connectivity index is 1.99. The second-order valence-electron chi connectivity index (χ2n) is 10.2. The summed E-state index contributed by atoms with van der Waals surface area (Å²) in [4.78, 5) is 50.7. The maximum Gasteiger partial charge on any atom is 0.345 e. The number of carbonyl (C=O) groups excluding carboxylic acids is 4. The minimum Gasteiger partial charge on any atom is -0.467 e. The summed E-state index contributed by atoms with van der Waals surface area (Å²) in [6.07, 6.45) is -7.44. The molecule has 2 aliphatic heterocycles. The second kappa shape index (κ2) is 12.2. The van der Waals surface area contributed by atoms with Crippen LogP contribution in [0.25, 0.3) is 0 Å². The molecule has 8 atom stereocenters.